The predicted octanol–water partition coefficient (Wildman–Crippen LogP) is 1.88. The molecule has 4 nitrogen and oxygen atoms in total. The molecule has 0 aliphatic heterocycles. The van der Waals surface area contributed by atoms with E-state index >= 15 is 0 Å². The van der Waals surface area contributed by atoms with E-state index in [9.17, 15) is 14.0 Å². The van der Waals surface area contributed by atoms with Gasteiger partial charge in [-0.1, -0.05) is 20.4 Å². The standard InChI is InChI=1S/C11H13FO4/c1-4-16-10(15)7(12)5-6-8(9(13)14)11(6,2)3/h4-6,8H,1H2,2-3H3,(H,13,14). The molecule has 0 aromatic heterocycles. The van der Waals surface area contributed by atoms with Crippen LogP contribution >= 0.6 is 0 Å². The summed E-state index contributed by atoms with van der Waals surface area (Å²) < 4.78 is 17.4. The molecule has 88 valence electrons. The largest absolute Gasteiger partial charge is 0.481 e. The Balaban J connectivity index is 2.75. The smallest absolute Gasteiger partial charge is 0.371 e. The number of esters is 1. The van der Waals surface area contributed by atoms with Crippen molar-refractivity contribution < 1.29 is 23.8 Å². The van der Waals surface area contributed by atoms with Crippen LogP contribution in [0.5, 0.6) is 0 Å². The van der Waals surface area contributed by atoms with Gasteiger partial charge in [0.1, 0.15) is 0 Å². The number of aliphatic carboxylic acids is 1. The van der Waals surface area contributed by atoms with Crippen LogP contribution in [0.25, 0.3) is 0 Å². The van der Waals surface area contributed by atoms with E-state index in [0.717, 1.165) is 12.3 Å². The van der Waals surface area contributed by atoms with Gasteiger partial charge in [-0.3, -0.25) is 4.79 Å². The lowest BCUT2D eigenvalue weighted by Gasteiger charge is -1.97. The fourth-order valence-corrected chi connectivity index (χ4v) is 1.82. The number of carboxylic acids is 1. The SMILES string of the molecule is C=COC(=O)C(F)=CC1C(C(=O)O)C1(C)C. The van der Waals surface area contributed by atoms with Crippen LogP contribution in [0.4, 0.5) is 4.39 Å². The van der Waals surface area contributed by atoms with Crippen molar-refractivity contribution in [2.75, 3.05) is 0 Å². The van der Waals surface area contributed by atoms with E-state index in [-0.39, 0.29) is 0 Å². The summed E-state index contributed by atoms with van der Waals surface area (Å²) in [6.45, 7) is 6.53. The Morgan fingerprint density at radius 3 is 2.44 bits per heavy atom. The van der Waals surface area contributed by atoms with E-state index in [1.165, 1.54) is 0 Å². The summed E-state index contributed by atoms with van der Waals surface area (Å²) in [6, 6.07) is 0. The van der Waals surface area contributed by atoms with Gasteiger partial charge in [-0.2, -0.15) is 4.39 Å². The summed E-state index contributed by atoms with van der Waals surface area (Å²) >= 11 is 0. The second-order valence-electron chi connectivity index (χ2n) is 4.25. The molecule has 0 spiro atoms. The molecule has 0 radical (unpaired) electrons. The van der Waals surface area contributed by atoms with Crippen molar-refractivity contribution in [1.82, 2.24) is 0 Å². The summed E-state index contributed by atoms with van der Waals surface area (Å²) in [4.78, 5) is 21.7. The average Bonchev–Trinajstić information content (AvgIpc) is 2.68. The number of carbonyl (C=O) groups is 2. The van der Waals surface area contributed by atoms with E-state index in [1.807, 2.05) is 0 Å². The van der Waals surface area contributed by atoms with Gasteiger partial charge in [-0.05, 0) is 17.4 Å². The second kappa shape index (κ2) is 4.08. The Hall–Kier alpha value is -1.65. The van der Waals surface area contributed by atoms with Gasteiger partial charge in [-0.25, -0.2) is 4.79 Å². The summed E-state index contributed by atoms with van der Waals surface area (Å²) in [5.74, 6) is -4.36. The quantitative estimate of drug-likeness (QED) is 0.453. The van der Waals surface area contributed by atoms with Gasteiger partial charge in [0.05, 0.1) is 12.2 Å². The third kappa shape index (κ3) is 2.13. The molecule has 5 heteroatoms. The van der Waals surface area contributed by atoms with Gasteiger partial charge >= 0.3 is 11.9 Å². The van der Waals surface area contributed by atoms with E-state index in [0.29, 0.717) is 0 Å². The molecule has 1 rings (SSSR count). The molecule has 1 saturated carbocycles. The molecular formula is C11H13FO4. The van der Waals surface area contributed by atoms with Crippen molar-refractivity contribution in [3.63, 3.8) is 0 Å². The first-order chi connectivity index (χ1) is 7.32. The number of hydrogen-bond acceptors (Lipinski definition) is 3. The van der Waals surface area contributed by atoms with Gasteiger partial charge in [0.2, 0.25) is 5.83 Å². The minimum atomic E-state index is -1.15. The minimum Gasteiger partial charge on any atom is -0.481 e. The normalized spacial score (nSPS) is 27.1. The molecule has 0 bridgehead atoms. The van der Waals surface area contributed by atoms with Crippen molar-refractivity contribution in [3.8, 4) is 0 Å². The highest BCUT2D eigenvalue weighted by Gasteiger charge is 2.61. The summed E-state index contributed by atoms with van der Waals surface area (Å²) in [5.41, 5.74) is -0.530. The molecule has 0 saturated heterocycles. The molecule has 0 amide bonds. The zero-order chi connectivity index (χ0) is 12.5. The Morgan fingerprint density at radius 1 is 1.50 bits per heavy atom. The van der Waals surface area contributed by atoms with Crippen LogP contribution in [0.3, 0.4) is 0 Å². The van der Waals surface area contributed by atoms with Crippen LogP contribution in [0, 0.1) is 17.3 Å². The number of carbonyl (C=O) groups excluding carboxylic acids is 1. The van der Waals surface area contributed by atoms with E-state index in [2.05, 4.69) is 11.3 Å². The Bertz CT molecular complexity index is 370. The van der Waals surface area contributed by atoms with E-state index in [1.54, 1.807) is 13.8 Å². The number of halogens is 1. The highest BCUT2D eigenvalue weighted by Crippen LogP contribution is 2.59. The fraction of sp³-hybridized carbons (Fsp3) is 0.455. The number of allylic oxidation sites excluding steroid dienone is 1. The number of carboxylic acid groups (broad SMARTS) is 1. The molecule has 1 aliphatic carbocycles. The fourth-order valence-electron chi connectivity index (χ4n) is 1.82. The first-order valence-electron chi connectivity index (χ1n) is 4.74. The van der Waals surface area contributed by atoms with Gasteiger partial charge < -0.3 is 9.84 Å². The van der Waals surface area contributed by atoms with Gasteiger partial charge in [0, 0.05) is 0 Å². The maximum absolute atomic E-state index is 13.2. The van der Waals surface area contributed by atoms with Crippen molar-refractivity contribution in [2.24, 2.45) is 17.3 Å². The number of hydrogen-bond donors (Lipinski definition) is 1. The number of rotatable bonds is 4. The van der Waals surface area contributed by atoms with Crippen molar-refractivity contribution in [3.05, 3.63) is 24.7 Å². The Morgan fingerprint density at radius 2 is 2.06 bits per heavy atom. The lowest BCUT2D eigenvalue weighted by molar-refractivity contribution is -0.139. The topological polar surface area (TPSA) is 63.6 Å². The maximum Gasteiger partial charge on any atom is 0.371 e. The van der Waals surface area contributed by atoms with Crippen LogP contribution in [0.2, 0.25) is 0 Å². The monoisotopic (exact) mass is 228 g/mol. The predicted molar refractivity (Wildman–Crippen MR) is 53.9 cm³/mol. The van der Waals surface area contributed by atoms with Gasteiger partial charge in [0.25, 0.3) is 0 Å². The Labute approximate surface area is 92.4 Å². The number of ether oxygens (including phenoxy) is 1. The molecule has 2 atom stereocenters. The first kappa shape index (κ1) is 12.4. The molecule has 1 N–H and O–H groups in total. The minimum absolute atomic E-state index is 0.484. The van der Waals surface area contributed by atoms with Crippen molar-refractivity contribution in [2.45, 2.75) is 13.8 Å². The van der Waals surface area contributed by atoms with Gasteiger partial charge in [-0.15, -0.1) is 0 Å². The van der Waals surface area contributed by atoms with Crippen LogP contribution in [-0.2, 0) is 14.3 Å². The molecule has 16 heavy (non-hydrogen) atoms. The molecule has 0 aromatic carbocycles. The third-order valence-corrected chi connectivity index (χ3v) is 2.89. The van der Waals surface area contributed by atoms with Crippen LogP contribution in [-0.4, -0.2) is 17.0 Å². The third-order valence-electron chi connectivity index (χ3n) is 2.89. The molecular weight excluding hydrogens is 215 g/mol. The van der Waals surface area contributed by atoms with Crippen LogP contribution in [0.1, 0.15) is 13.8 Å². The van der Waals surface area contributed by atoms with E-state index in [4.69, 9.17) is 5.11 Å². The van der Waals surface area contributed by atoms with Crippen molar-refractivity contribution >= 4 is 11.9 Å². The van der Waals surface area contributed by atoms with Crippen LogP contribution < -0.4 is 0 Å². The zero-order valence-corrected chi connectivity index (χ0v) is 9.07. The first-order valence-corrected chi connectivity index (χ1v) is 4.74. The Kier molecular flexibility index (Phi) is 3.16. The zero-order valence-electron chi connectivity index (χ0n) is 9.07. The maximum atomic E-state index is 13.2. The van der Waals surface area contributed by atoms with E-state index < -0.39 is 35.0 Å². The summed E-state index contributed by atoms with van der Waals surface area (Å²) in [6.07, 6.45) is 1.83. The lowest BCUT2D eigenvalue weighted by atomic mass is 10.1. The summed E-state index contributed by atoms with van der Waals surface area (Å²) in [7, 11) is 0. The van der Waals surface area contributed by atoms with Crippen molar-refractivity contribution in [1.29, 1.82) is 0 Å². The molecule has 1 fully saturated rings. The second-order valence-corrected chi connectivity index (χ2v) is 4.25. The average molecular weight is 228 g/mol. The summed E-state index contributed by atoms with van der Waals surface area (Å²) in [5, 5.41) is 8.83. The molecule has 0 heterocycles. The van der Waals surface area contributed by atoms with Gasteiger partial charge in [0.15, 0.2) is 0 Å². The van der Waals surface area contributed by atoms with Crippen LogP contribution in [0.15, 0.2) is 24.7 Å². The molecule has 1 aliphatic rings. The highest BCUT2D eigenvalue weighted by molar-refractivity contribution is 5.87. The highest BCUT2D eigenvalue weighted by atomic mass is 19.1. The molecule has 2 unspecified atom stereocenters. The lowest BCUT2D eigenvalue weighted by Crippen LogP contribution is -2.03. The molecule has 0 aromatic rings.